The van der Waals surface area contributed by atoms with E-state index in [1.807, 2.05) is 18.2 Å². The fourth-order valence-corrected chi connectivity index (χ4v) is 2.43. The highest BCUT2D eigenvalue weighted by atomic mass is 19.1. The Balaban J connectivity index is 1.93. The Hall–Kier alpha value is -2.60. The van der Waals surface area contributed by atoms with Crippen LogP contribution in [0.15, 0.2) is 48.5 Å². The Morgan fingerprint density at radius 1 is 1.28 bits per heavy atom. The largest absolute Gasteiger partial charge is 0.494 e. The fourth-order valence-electron chi connectivity index (χ4n) is 2.43. The normalized spacial score (nSPS) is 14.3. The number of hydrogen-bond acceptors (Lipinski definition) is 3. The molecule has 0 fully saturated rings. The molecule has 6 heteroatoms. The van der Waals surface area contributed by atoms with E-state index >= 15 is 0 Å². The molecule has 2 aromatic carbocycles. The lowest BCUT2D eigenvalue weighted by Crippen LogP contribution is -2.44. The van der Waals surface area contributed by atoms with Crippen LogP contribution < -0.4 is 15.4 Å². The van der Waals surface area contributed by atoms with E-state index < -0.39 is 17.4 Å². The van der Waals surface area contributed by atoms with Crippen molar-refractivity contribution in [1.29, 1.82) is 0 Å². The molecule has 0 aliphatic carbocycles. The first-order valence-corrected chi connectivity index (χ1v) is 7.99. The molecule has 2 amide bonds. The summed E-state index contributed by atoms with van der Waals surface area (Å²) in [6, 6.07) is 12.8. The van der Waals surface area contributed by atoms with Gasteiger partial charge in [0.2, 0.25) is 0 Å². The number of carbonyl (C=O) groups is 1. The number of carbonyl (C=O) groups excluding carboxylic acids is 1. The third-order valence-electron chi connectivity index (χ3n) is 4.01. The standard InChI is InChI=1S/C19H23FN2O3/c1-13(14-9-10-16(20)17(11-14)25-3)22-18(23)21-12-19(2,24)15-7-5-4-6-8-15/h4-11,13,24H,12H2,1-3H3,(H2,21,22,23). The van der Waals surface area contributed by atoms with E-state index in [1.54, 1.807) is 38.1 Å². The summed E-state index contributed by atoms with van der Waals surface area (Å²) < 4.78 is 18.4. The van der Waals surface area contributed by atoms with E-state index in [0.29, 0.717) is 11.1 Å². The fraction of sp³-hybridized carbons (Fsp3) is 0.316. The van der Waals surface area contributed by atoms with Gasteiger partial charge >= 0.3 is 6.03 Å². The third-order valence-corrected chi connectivity index (χ3v) is 4.01. The van der Waals surface area contributed by atoms with Gasteiger partial charge in [0.05, 0.1) is 19.7 Å². The first kappa shape index (κ1) is 18.7. The molecule has 2 aromatic rings. The molecule has 2 atom stereocenters. The topological polar surface area (TPSA) is 70.6 Å². The van der Waals surface area contributed by atoms with Crippen molar-refractivity contribution in [2.45, 2.75) is 25.5 Å². The molecular formula is C19H23FN2O3. The zero-order valence-corrected chi connectivity index (χ0v) is 14.5. The minimum atomic E-state index is -1.18. The average Bonchev–Trinajstić information content (AvgIpc) is 2.61. The summed E-state index contributed by atoms with van der Waals surface area (Å²) in [4.78, 5) is 12.1. The summed E-state index contributed by atoms with van der Waals surface area (Å²) in [5.41, 5.74) is 0.246. The molecular weight excluding hydrogens is 323 g/mol. The van der Waals surface area contributed by atoms with E-state index in [2.05, 4.69) is 10.6 Å². The van der Waals surface area contributed by atoms with Crippen LogP contribution in [0.2, 0.25) is 0 Å². The minimum absolute atomic E-state index is 0.0578. The maximum Gasteiger partial charge on any atom is 0.315 e. The summed E-state index contributed by atoms with van der Waals surface area (Å²) in [6.07, 6.45) is 0. The van der Waals surface area contributed by atoms with Crippen molar-refractivity contribution in [1.82, 2.24) is 10.6 Å². The van der Waals surface area contributed by atoms with Crippen molar-refractivity contribution >= 4 is 6.03 Å². The molecule has 0 aliphatic heterocycles. The lowest BCUT2D eigenvalue weighted by atomic mass is 9.96. The van der Waals surface area contributed by atoms with Crippen molar-refractivity contribution in [3.63, 3.8) is 0 Å². The smallest absolute Gasteiger partial charge is 0.315 e. The quantitative estimate of drug-likeness (QED) is 0.753. The number of urea groups is 1. The molecule has 0 aromatic heterocycles. The van der Waals surface area contributed by atoms with Crippen LogP contribution in [0.5, 0.6) is 5.75 Å². The predicted octanol–water partition coefficient (Wildman–Crippen LogP) is 3.10. The second-order valence-electron chi connectivity index (χ2n) is 6.08. The highest BCUT2D eigenvalue weighted by Crippen LogP contribution is 2.22. The second kappa shape index (κ2) is 7.98. The Bertz CT molecular complexity index is 720. The molecule has 0 bridgehead atoms. The lowest BCUT2D eigenvalue weighted by molar-refractivity contribution is 0.0593. The molecule has 134 valence electrons. The predicted molar refractivity (Wildman–Crippen MR) is 93.9 cm³/mol. The number of methoxy groups -OCH3 is 1. The van der Waals surface area contributed by atoms with Gasteiger partial charge in [-0.15, -0.1) is 0 Å². The highest BCUT2D eigenvalue weighted by molar-refractivity contribution is 5.74. The molecule has 2 unspecified atom stereocenters. The van der Waals surface area contributed by atoms with Crippen LogP contribution in [0.3, 0.4) is 0 Å². The summed E-state index contributed by atoms with van der Waals surface area (Å²) in [5, 5.41) is 15.9. The first-order valence-electron chi connectivity index (χ1n) is 7.99. The SMILES string of the molecule is COc1cc(C(C)NC(=O)NCC(C)(O)c2ccccc2)ccc1F. The first-order chi connectivity index (χ1) is 11.8. The van der Waals surface area contributed by atoms with Gasteiger partial charge in [0.1, 0.15) is 5.60 Å². The second-order valence-corrected chi connectivity index (χ2v) is 6.08. The number of nitrogens with one attached hydrogen (secondary N) is 2. The van der Waals surface area contributed by atoms with Crippen LogP contribution in [0.25, 0.3) is 0 Å². The van der Waals surface area contributed by atoms with Crippen molar-refractivity contribution in [2.24, 2.45) is 0 Å². The molecule has 5 nitrogen and oxygen atoms in total. The van der Waals surface area contributed by atoms with Gasteiger partial charge in [-0.1, -0.05) is 36.4 Å². The monoisotopic (exact) mass is 346 g/mol. The molecule has 0 radical (unpaired) electrons. The van der Waals surface area contributed by atoms with Gasteiger partial charge in [0.15, 0.2) is 11.6 Å². The van der Waals surface area contributed by atoms with Crippen LogP contribution >= 0.6 is 0 Å². The van der Waals surface area contributed by atoms with Crippen LogP contribution in [-0.4, -0.2) is 24.8 Å². The third kappa shape index (κ3) is 4.93. The zero-order chi connectivity index (χ0) is 18.4. The Kier molecular flexibility index (Phi) is 5.98. The molecule has 0 aliphatic rings. The van der Waals surface area contributed by atoms with Crippen molar-refractivity contribution in [2.75, 3.05) is 13.7 Å². The molecule has 25 heavy (non-hydrogen) atoms. The van der Waals surface area contributed by atoms with Crippen LogP contribution in [0.4, 0.5) is 9.18 Å². The Morgan fingerprint density at radius 3 is 2.60 bits per heavy atom. The number of aliphatic hydroxyl groups is 1. The van der Waals surface area contributed by atoms with Gasteiger partial charge in [-0.3, -0.25) is 0 Å². The van der Waals surface area contributed by atoms with E-state index in [4.69, 9.17) is 4.74 Å². The van der Waals surface area contributed by atoms with Crippen LogP contribution in [-0.2, 0) is 5.60 Å². The minimum Gasteiger partial charge on any atom is -0.494 e. The summed E-state index contributed by atoms with van der Waals surface area (Å²) in [5.74, 6) is -0.333. The molecule has 0 saturated heterocycles. The number of rotatable bonds is 6. The number of amides is 2. The van der Waals surface area contributed by atoms with Crippen molar-refractivity contribution < 1.29 is 19.0 Å². The molecule has 0 spiro atoms. The summed E-state index contributed by atoms with van der Waals surface area (Å²) >= 11 is 0. The van der Waals surface area contributed by atoms with E-state index in [0.717, 1.165) is 0 Å². The number of hydrogen-bond donors (Lipinski definition) is 3. The lowest BCUT2D eigenvalue weighted by Gasteiger charge is -2.25. The van der Waals surface area contributed by atoms with Gasteiger partial charge in [-0.25, -0.2) is 9.18 Å². The maximum atomic E-state index is 13.5. The highest BCUT2D eigenvalue weighted by Gasteiger charge is 2.23. The van der Waals surface area contributed by atoms with E-state index in [1.165, 1.54) is 13.2 Å². The molecule has 0 saturated carbocycles. The number of benzene rings is 2. The van der Waals surface area contributed by atoms with Crippen LogP contribution in [0.1, 0.15) is 31.0 Å². The molecule has 2 rings (SSSR count). The van der Waals surface area contributed by atoms with Crippen molar-refractivity contribution in [3.05, 3.63) is 65.5 Å². The Morgan fingerprint density at radius 2 is 1.96 bits per heavy atom. The van der Waals surface area contributed by atoms with Gasteiger partial charge in [-0.05, 0) is 37.1 Å². The summed E-state index contributed by atoms with van der Waals surface area (Å²) in [6.45, 7) is 3.47. The Labute approximate surface area is 146 Å². The maximum absolute atomic E-state index is 13.5. The average molecular weight is 346 g/mol. The van der Waals surface area contributed by atoms with Crippen molar-refractivity contribution in [3.8, 4) is 5.75 Å². The number of ether oxygens (including phenoxy) is 1. The van der Waals surface area contributed by atoms with Gasteiger partial charge in [0, 0.05) is 0 Å². The van der Waals surface area contributed by atoms with Gasteiger partial charge < -0.3 is 20.5 Å². The van der Waals surface area contributed by atoms with E-state index in [9.17, 15) is 14.3 Å². The van der Waals surface area contributed by atoms with E-state index in [-0.39, 0.29) is 18.3 Å². The van der Waals surface area contributed by atoms with Gasteiger partial charge in [-0.2, -0.15) is 0 Å². The number of halogens is 1. The zero-order valence-electron chi connectivity index (χ0n) is 14.5. The van der Waals surface area contributed by atoms with Gasteiger partial charge in [0.25, 0.3) is 0 Å². The summed E-state index contributed by atoms with van der Waals surface area (Å²) in [7, 11) is 1.39. The molecule has 0 heterocycles. The van der Waals surface area contributed by atoms with Crippen LogP contribution in [0, 0.1) is 5.82 Å². The molecule has 3 N–H and O–H groups in total.